The number of rotatable bonds is 5. The molecule has 0 amide bonds. The van der Waals surface area contributed by atoms with Crippen molar-refractivity contribution < 1.29 is 23.4 Å². The average molecular weight is 368 g/mol. The third-order valence-electron chi connectivity index (χ3n) is 4.06. The first-order valence-electron chi connectivity index (χ1n) is 8.35. The van der Waals surface area contributed by atoms with Crippen LogP contribution in [-0.2, 0) is 22.6 Å². The van der Waals surface area contributed by atoms with Crippen molar-refractivity contribution >= 4 is 23.0 Å². The summed E-state index contributed by atoms with van der Waals surface area (Å²) in [5.74, 6) is -0.915. The van der Waals surface area contributed by atoms with Crippen LogP contribution >= 0.6 is 0 Å². The standard InChI is InChI=1S/C21H17FO5/c1-2-14-9-17-15(10-21(25)27-19(17)11-18(14)23)12-26-20(24)8-5-13-3-6-16(22)7-4-13/h3-11,23H,2,12H2,1H3/b8-5+. The molecular formula is C21H17FO5. The van der Waals surface area contributed by atoms with E-state index in [-0.39, 0.29) is 23.8 Å². The molecule has 0 fully saturated rings. The summed E-state index contributed by atoms with van der Waals surface area (Å²) in [7, 11) is 0. The van der Waals surface area contributed by atoms with Gasteiger partial charge in [0.05, 0.1) is 0 Å². The van der Waals surface area contributed by atoms with Crippen molar-refractivity contribution in [1.82, 2.24) is 0 Å². The van der Waals surface area contributed by atoms with Gasteiger partial charge in [0.2, 0.25) is 0 Å². The zero-order chi connectivity index (χ0) is 19.4. The number of hydrogen-bond donors (Lipinski definition) is 1. The van der Waals surface area contributed by atoms with Crippen molar-refractivity contribution in [2.45, 2.75) is 20.0 Å². The molecule has 0 bridgehead atoms. The molecule has 0 saturated heterocycles. The molecule has 3 aromatic rings. The van der Waals surface area contributed by atoms with Crippen LogP contribution in [-0.4, -0.2) is 11.1 Å². The van der Waals surface area contributed by atoms with Gasteiger partial charge in [-0.05, 0) is 41.8 Å². The molecule has 0 aliphatic carbocycles. The molecular weight excluding hydrogens is 351 g/mol. The van der Waals surface area contributed by atoms with Crippen LogP contribution in [0.1, 0.15) is 23.6 Å². The van der Waals surface area contributed by atoms with Crippen molar-refractivity contribution in [2.24, 2.45) is 0 Å². The van der Waals surface area contributed by atoms with Crippen LogP contribution in [0.5, 0.6) is 5.75 Å². The van der Waals surface area contributed by atoms with E-state index in [4.69, 9.17) is 9.15 Å². The molecule has 1 aromatic heterocycles. The topological polar surface area (TPSA) is 76.7 Å². The van der Waals surface area contributed by atoms with Crippen molar-refractivity contribution in [3.63, 3.8) is 0 Å². The van der Waals surface area contributed by atoms with E-state index in [2.05, 4.69) is 0 Å². The number of aromatic hydroxyl groups is 1. The molecule has 0 atom stereocenters. The Labute approximate surface area is 154 Å². The zero-order valence-corrected chi connectivity index (χ0v) is 14.6. The lowest BCUT2D eigenvalue weighted by atomic mass is 10.0. The molecule has 5 nitrogen and oxygen atoms in total. The molecule has 1 heterocycles. The Balaban J connectivity index is 1.78. The van der Waals surface area contributed by atoms with Gasteiger partial charge in [0.15, 0.2) is 0 Å². The predicted octanol–water partition coefficient (Wildman–Crippen LogP) is 3.96. The van der Waals surface area contributed by atoms with Crippen molar-refractivity contribution in [1.29, 1.82) is 0 Å². The second kappa shape index (κ2) is 7.86. The van der Waals surface area contributed by atoms with Gasteiger partial charge < -0.3 is 14.3 Å². The summed E-state index contributed by atoms with van der Waals surface area (Å²) in [6.45, 7) is 1.77. The van der Waals surface area contributed by atoms with Crippen molar-refractivity contribution in [2.75, 3.05) is 0 Å². The summed E-state index contributed by atoms with van der Waals surface area (Å²) in [6.07, 6.45) is 3.33. The fourth-order valence-electron chi connectivity index (χ4n) is 2.64. The second-order valence-corrected chi connectivity index (χ2v) is 5.91. The van der Waals surface area contributed by atoms with Gasteiger partial charge in [-0.25, -0.2) is 14.0 Å². The first kappa shape index (κ1) is 18.4. The Morgan fingerprint density at radius 3 is 2.63 bits per heavy atom. The van der Waals surface area contributed by atoms with Crippen LogP contribution in [0.3, 0.4) is 0 Å². The molecule has 1 N–H and O–H groups in total. The minimum atomic E-state index is -0.602. The zero-order valence-electron chi connectivity index (χ0n) is 14.6. The molecule has 138 valence electrons. The Morgan fingerprint density at radius 1 is 1.19 bits per heavy atom. The number of benzene rings is 2. The lowest BCUT2D eigenvalue weighted by molar-refractivity contribution is -0.138. The molecule has 0 unspecified atom stereocenters. The molecule has 0 aliphatic rings. The quantitative estimate of drug-likeness (QED) is 0.419. The van der Waals surface area contributed by atoms with Crippen LogP contribution in [0.4, 0.5) is 4.39 Å². The Hall–Kier alpha value is -3.41. The monoisotopic (exact) mass is 368 g/mol. The first-order valence-corrected chi connectivity index (χ1v) is 8.35. The number of ether oxygens (including phenoxy) is 1. The van der Waals surface area contributed by atoms with Crippen LogP contribution in [0, 0.1) is 5.82 Å². The van der Waals surface area contributed by atoms with E-state index in [1.54, 1.807) is 6.07 Å². The number of carbonyl (C=O) groups is 1. The molecule has 0 radical (unpaired) electrons. The molecule has 27 heavy (non-hydrogen) atoms. The summed E-state index contributed by atoms with van der Waals surface area (Å²) in [6, 6.07) is 10.0. The highest BCUT2D eigenvalue weighted by Crippen LogP contribution is 2.27. The molecule has 0 saturated carbocycles. The minimum absolute atomic E-state index is 0.0459. The third kappa shape index (κ3) is 4.41. The van der Waals surface area contributed by atoms with Gasteiger partial charge in [-0.3, -0.25) is 0 Å². The lowest BCUT2D eigenvalue weighted by Crippen LogP contribution is -2.06. The number of carbonyl (C=O) groups excluding carboxylic acids is 1. The Kier molecular flexibility index (Phi) is 5.35. The second-order valence-electron chi connectivity index (χ2n) is 5.91. The third-order valence-corrected chi connectivity index (χ3v) is 4.06. The highest BCUT2D eigenvalue weighted by atomic mass is 19.1. The average Bonchev–Trinajstić information content (AvgIpc) is 2.65. The number of fused-ring (bicyclic) bond motifs is 1. The highest BCUT2D eigenvalue weighted by Gasteiger charge is 2.11. The maximum absolute atomic E-state index is 12.9. The largest absolute Gasteiger partial charge is 0.508 e. The van der Waals surface area contributed by atoms with Gasteiger partial charge >= 0.3 is 11.6 Å². The predicted molar refractivity (Wildman–Crippen MR) is 98.8 cm³/mol. The lowest BCUT2D eigenvalue weighted by Gasteiger charge is -2.08. The normalized spacial score (nSPS) is 11.2. The summed E-state index contributed by atoms with van der Waals surface area (Å²) in [5, 5.41) is 10.5. The summed E-state index contributed by atoms with van der Waals surface area (Å²) in [4.78, 5) is 23.6. The van der Waals surface area contributed by atoms with Crippen molar-refractivity contribution in [3.05, 3.63) is 81.5 Å². The number of esters is 1. The minimum Gasteiger partial charge on any atom is -0.508 e. The van der Waals surface area contributed by atoms with Crippen LogP contribution < -0.4 is 5.63 Å². The maximum atomic E-state index is 12.9. The summed E-state index contributed by atoms with van der Waals surface area (Å²) >= 11 is 0. The molecule has 6 heteroatoms. The Bertz CT molecular complexity index is 1060. The van der Waals surface area contributed by atoms with E-state index >= 15 is 0 Å². The van der Waals surface area contributed by atoms with E-state index < -0.39 is 11.6 Å². The van der Waals surface area contributed by atoms with Gasteiger partial charge in [-0.1, -0.05) is 19.1 Å². The highest BCUT2D eigenvalue weighted by molar-refractivity contribution is 5.87. The number of phenolic OH excluding ortho intramolecular Hbond substituents is 1. The van der Waals surface area contributed by atoms with Crippen molar-refractivity contribution in [3.8, 4) is 5.75 Å². The molecule has 3 rings (SSSR count). The SMILES string of the molecule is CCc1cc2c(COC(=O)/C=C/c3ccc(F)cc3)cc(=O)oc2cc1O. The smallest absolute Gasteiger partial charge is 0.336 e. The van der Waals surface area contributed by atoms with Gasteiger partial charge in [-0.2, -0.15) is 0 Å². The van der Waals surface area contributed by atoms with Gasteiger partial charge in [0.25, 0.3) is 0 Å². The van der Waals surface area contributed by atoms with Crippen LogP contribution in [0.25, 0.3) is 17.0 Å². The van der Waals surface area contributed by atoms with Crippen LogP contribution in [0.2, 0.25) is 0 Å². The fraction of sp³-hybridized carbons (Fsp3) is 0.143. The number of aryl methyl sites for hydroxylation is 1. The maximum Gasteiger partial charge on any atom is 0.336 e. The van der Waals surface area contributed by atoms with Gasteiger partial charge in [-0.15, -0.1) is 0 Å². The van der Waals surface area contributed by atoms with E-state index in [0.717, 1.165) is 0 Å². The summed E-state index contributed by atoms with van der Waals surface area (Å²) < 4.78 is 23.2. The Morgan fingerprint density at radius 2 is 1.93 bits per heavy atom. The first-order chi connectivity index (χ1) is 13.0. The van der Waals surface area contributed by atoms with E-state index in [1.165, 1.54) is 48.6 Å². The fourth-order valence-corrected chi connectivity index (χ4v) is 2.64. The van der Waals surface area contributed by atoms with Gasteiger partial charge in [0.1, 0.15) is 23.8 Å². The summed E-state index contributed by atoms with van der Waals surface area (Å²) in [5.41, 5.74) is 1.46. The number of halogens is 1. The molecule has 2 aromatic carbocycles. The van der Waals surface area contributed by atoms with E-state index in [0.29, 0.717) is 28.5 Å². The van der Waals surface area contributed by atoms with Crippen LogP contribution in [0.15, 0.2) is 57.8 Å². The number of phenols is 1. The van der Waals surface area contributed by atoms with Gasteiger partial charge in [0, 0.05) is 29.2 Å². The van der Waals surface area contributed by atoms with E-state index in [1.807, 2.05) is 6.92 Å². The number of hydrogen-bond acceptors (Lipinski definition) is 5. The van der Waals surface area contributed by atoms with E-state index in [9.17, 15) is 19.1 Å². The molecule has 0 spiro atoms. The molecule has 0 aliphatic heterocycles.